The zero-order valence-corrected chi connectivity index (χ0v) is 19.0. The quantitative estimate of drug-likeness (QED) is 0.505. The van der Waals surface area contributed by atoms with Crippen LogP contribution >= 0.6 is 27.5 Å². The van der Waals surface area contributed by atoms with E-state index in [2.05, 4.69) is 31.2 Å². The van der Waals surface area contributed by atoms with Crippen molar-refractivity contribution in [1.29, 1.82) is 0 Å². The number of fused-ring (bicyclic) bond motifs is 3. The molecule has 1 atom stereocenters. The second-order valence-electron chi connectivity index (χ2n) is 7.20. The summed E-state index contributed by atoms with van der Waals surface area (Å²) >= 11 is 9.66. The van der Waals surface area contributed by atoms with Gasteiger partial charge in [0.1, 0.15) is 17.5 Å². The van der Waals surface area contributed by atoms with Crippen LogP contribution in [0.2, 0.25) is 5.15 Å². The molecule has 0 bridgehead atoms. The molecule has 0 saturated carbocycles. The van der Waals surface area contributed by atoms with Gasteiger partial charge in [0.2, 0.25) is 11.8 Å². The van der Waals surface area contributed by atoms with Crippen LogP contribution in [-0.4, -0.2) is 28.3 Å². The number of halogens is 3. The molecule has 0 saturated heterocycles. The normalized spacial score (nSPS) is 15.2. The number of anilines is 2. The lowest BCUT2D eigenvalue weighted by molar-refractivity contribution is -0.122. The summed E-state index contributed by atoms with van der Waals surface area (Å²) in [6, 6.07) is 9.61. The molecule has 0 fully saturated rings. The van der Waals surface area contributed by atoms with Gasteiger partial charge in [0, 0.05) is 27.5 Å². The van der Waals surface area contributed by atoms with Crippen molar-refractivity contribution in [3.63, 3.8) is 0 Å². The van der Waals surface area contributed by atoms with Crippen LogP contribution in [0.1, 0.15) is 24.2 Å². The molecular weight excluding hydrogens is 487 g/mol. The molecule has 1 aliphatic heterocycles. The minimum atomic E-state index is -0.614. The van der Waals surface area contributed by atoms with Crippen molar-refractivity contribution >= 4 is 50.7 Å². The first-order chi connectivity index (χ1) is 14.8. The summed E-state index contributed by atoms with van der Waals surface area (Å²) in [4.78, 5) is 36.2. The summed E-state index contributed by atoms with van der Waals surface area (Å²) in [5, 5.41) is 2.75. The summed E-state index contributed by atoms with van der Waals surface area (Å²) in [5.41, 5.74) is 2.88. The van der Waals surface area contributed by atoms with Gasteiger partial charge in [0.05, 0.1) is 23.0 Å². The molecule has 2 aromatic heterocycles. The van der Waals surface area contributed by atoms with Crippen LogP contribution < -0.4 is 10.2 Å². The van der Waals surface area contributed by atoms with Gasteiger partial charge in [-0.1, -0.05) is 33.6 Å². The lowest BCUT2D eigenvalue weighted by Crippen LogP contribution is -2.40. The molecule has 158 valence electrons. The van der Waals surface area contributed by atoms with Crippen molar-refractivity contribution in [1.82, 2.24) is 9.97 Å². The molecule has 1 aromatic carbocycles. The van der Waals surface area contributed by atoms with E-state index >= 15 is 0 Å². The van der Waals surface area contributed by atoms with Crippen LogP contribution in [0, 0.1) is 12.7 Å². The third-order valence-electron chi connectivity index (χ3n) is 5.03. The van der Waals surface area contributed by atoms with Crippen molar-refractivity contribution in [3.05, 3.63) is 69.4 Å². The van der Waals surface area contributed by atoms with Gasteiger partial charge in [-0.3, -0.25) is 14.6 Å². The zero-order chi connectivity index (χ0) is 22.3. The van der Waals surface area contributed by atoms with E-state index in [0.717, 1.165) is 0 Å². The molecule has 3 aromatic rings. The summed E-state index contributed by atoms with van der Waals surface area (Å²) < 4.78 is 14.7. The standard InChI is InChI=1S/C22H17BrClFN4O2/c1-11-8-17-19(21(24)27-11)14-4-3-7-26-20(14)12(2)22(31)29(17)10-18(30)28-16-6-5-13(23)9-15(16)25/h3-9,12H,10H2,1-2H3,(H,28,30). The maximum absolute atomic E-state index is 14.2. The minimum absolute atomic E-state index is 0.0256. The van der Waals surface area contributed by atoms with Crippen LogP contribution in [0.4, 0.5) is 15.8 Å². The molecule has 31 heavy (non-hydrogen) atoms. The van der Waals surface area contributed by atoms with E-state index in [1.165, 1.54) is 17.0 Å². The number of aryl methyl sites for hydroxylation is 1. The highest BCUT2D eigenvalue weighted by atomic mass is 79.9. The lowest BCUT2D eigenvalue weighted by atomic mass is 9.98. The molecular formula is C22H17BrClFN4O2. The number of aromatic nitrogens is 2. The Balaban J connectivity index is 1.76. The smallest absolute Gasteiger partial charge is 0.244 e. The highest BCUT2D eigenvalue weighted by molar-refractivity contribution is 9.10. The number of nitrogens with zero attached hydrogens (tertiary/aromatic N) is 3. The summed E-state index contributed by atoms with van der Waals surface area (Å²) in [6.07, 6.45) is 1.61. The molecule has 0 spiro atoms. The van der Waals surface area contributed by atoms with E-state index < -0.39 is 17.6 Å². The van der Waals surface area contributed by atoms with Gasteiger partial charge < -0.3 is 10.2 Å². The molecule has 9 heteroatoms. The van der Waals surface area contributed by atoms with E-state index in [4.69, 9.17) is 11.6 Å². The van der Waals surface area contributed by atoms with Gasteiger partial charge in [0.15, 0.2) is 0 Å². The predicted octanol–water partition coefficient (Wildman–Crippen LogP) is 5.10. The fraction of sp³-hybridized carbons (Fsp3) is 0.182. The molecule has 1 N–H and O–H groups in total. The molecule has 1 unspecified atom stereocenters. The summed E-state index contributed by atoms with van der Waals surface area (Å²) in [5.74, 6) is -2.06. The number of rotatable bonds is 3. The first-order valence-electron chi connectivity index (χ1n) is 9.45. The summed E-state index contributed by atoms with van der Waals surface area (Å²) in [7, 11) is 0. The second kappa shape index (κ2) is 8.36. The Kier molecular flexibility index (Phi) is 5.77. The fourth-order valence-electron chi connectivity index (χ4n) is 3.61. The monoisotopic (exact) mass is 502 g/mol. The Bertz CT molecular complexity index is 1220. The van der Waals surface area contributed by atoms with Crippen LogP contribution in [0.15, 0.2) is 47.1 Å². The molecule has 1 aliphatic rings. The van der Waals surface area contributed by atoms with E-state index in [1.807, 2.05) is 6.07 Å². The van der Waals surface area contributed by atoms with Crippen molar-refractivity contribution in [2.24, 2.45) is 0 Å². The summed E-state index contributed by atoms with van der Waals surface area (Å²) in [6.45, 7) is 3.16. The van der Waals surface area contributed by atoms with Crippen molar-refractivity contribution in [2.45, 2.75) is 19.8 Å². The first kappa shape index (κ1) is 21.4. The zero-order valence-electron chi connectivity index (χ0n) is 16.6. The number of hydrogen-bond donors (Lipinski definition) is 1. The van der Waals surface area contributed by atoms with Crippen LogP contribution in [-0.2, 0) is 9.59 Å². The van der Waals surface area contributed by atoms with Gasteiger partial charge in [-0.15, -0.1) is 0 Å². The van der Waals surface area contributed by atoms with Crippen LogP contribution in [0.5, 0.6) is 0 Å². The van der Waals surface area contributed by atoms with Gasteiger partial charge in [-0.05, 0) is 44.2 Å². The largest absolute Gasteiger partial charge is 0.322 e. The average molecular weight is 504 g/mol. The first-order valence-corrected chi connectivity index (χ1v) is 10.6. The number of pyridine rings is 2. The van der Waals surface area contributed by atoms with Crippen molar-refractivity contribution in [3.8, 4) is 11.1 Å². The minimum Gasteiger partial charge on any atom is -0.322 e. The molecule has 4 rings (SSSR count). The molecule has 0 radical (unpaired) electrons. The Morgan fingerprint density at radius 3 is 2.84 bits per heavy atom. The van der Waals surface area contributed by atoms with Gasteiger partial charge in [-0.2, -0.15) is 0 Å². The third kappa shape index (κ3) is 4.05. The van der Waals surface area contributed by atoms with Gasteiger partial charge in [0.25, 0.3) is 0 Å². The van der Waals surface area contributed by atoms with E-state index in [0.29, 0.717) is 32.7 Å². The SMILES string of the molecule is Cc1cc2c(c(Cl)n1)-c1cccnc1C(C)C(=O)N2CC(=O)Nc1ccc(Br)cc1F. The molecule has 6 nitrogen and oxygen atoms in total. The molecule has 0 aliphatic carbocycles. The molecule has 2 amide bonds. The van der Waals surface area contributed by atoms with Crippen LogP contribution in [0.25, 0.3) is 11.1 Å². The number of hydrogen-bond acceptors (Lipinski definition) is 4. The van der Waals surface area contributed by atoms with Crippen LogP contribution in [0.3, 0.4) is 0 Å². The van der Waals surface area contributed by atoms with E-state index in [1.54, 1.807) is 38.2 Å². The predicted molar refractivity (Wildman–Crippen MR) is 121 cm³/mol. The third-order valence-corrected chi connectivity index (χ3v) is 5.80. The van der Waals surface area contributed by atoms with E-state index in [-0.39, 0.29) is 23.3 Å². The maximum Gasteiger partial charge on any atom is 0.244 e. The van der Waals surface area contributed by atoms with E-state index in [9.17, 15) is 14.0 Å². The number of nitrogens with one attached hydrogen (secondary N) is 1. The Labute approximate surface area is 191 Å². The number of carbonyl (C=O) groups excluding carboxylic acids is 2. The lowest BCUT2D eigenvalue weighted by Gasteiger charge is -2.24. The Morgan fingerprint density at radius 2 is 2.10 bits per heavy atom. The van der Waals surface area contributed by atoms with Gasteiger partial charge >= 0.3 is 0 Å². The topological polar surface area (TPSA) is 75.2 Å². The van der Waals surface area contributed by atoms with Crippen molar-refractivity contribution < 1.29 is 14.0 Å². The van der Waals surface area contributed by atoms with Gasteiger partial charge in [-0.25, -0.2) is 9.37 Å². The Hall–Kier alpha value is -2.84. The number of amides is 2. The highest BCUT2D eigenvalue weighted by Crippen LogP contribution is 2.43. The molecule has 3 heterocycles. The fourth-order valence-corrected chi connectivity index (χ4v) is 4.28. The average Bonchev–Trinajstić information content (AvgIpc) is 2.80. The van der Waals surface area contributed by atoms with Crippen molar-refractivity contribution in [2.75, 3.05) is 16.8 Å². The maximum atomic E-state index is 14.2. The Morgan fingerprint density at radius 1 is 1.32 bits per heavy atom. The highest BCUT2D eigenvalue weighted by Gasteiger charge is 2.35. The number of benzene rings is 1. The number of carbonyl (C=O) groups is 2. The second-order valence-corrected chi connectivity index (χ2v) is 8.48.